The molecule has 9 atom stereocenters. The summed E-state index contributed by atoms with van der Waals surface area (Å²) in [6, 6.07) is 7.01. The maximum Gasteiger partial charge on any atom is 0.412 e. The van der Waals surface area contributed by atoms with Crippen LogP contribution in [0.4, 0.5) is 21.0 Å². The number of nitrogens with zero attached hydrogens (tertiary/aromatic N) is 2. The van der Waals surface area contributed by atoms with Gasteiger partial charge in [0, 0.05) is 82.6 Å². The monoisotopic (exact) mass is 1140 g/mol. The number of aliphatic hydroxyl groups is 1. The van der Waals surface area contributed by atoms with E-state index in [4.69, 9.17) is 36.3 Å². The molecule has 2 aromatic rings. The Morgan fingerprint density at radius 1 is 0.975 bits per heavy atom. The molecule has 0 unspecified atom stereocenters. The molecule has 0 saturated carbocycles. The van der Waals surface area contributed by atoms with E-state index in [0.717, 1.165) is 21.6 Å². The van der Waals surface area contributed by atoms with Gasteiger partial charge >= 0.3 is 18.1 Å². The fraction of sp³-hybridized carbons (Fsp3) is 0.550. The van der Waals surface area contributed by atoms with Gasteiger partial charge in [-0.15, -0.1) is 0 Å². The Bertz CT molecular complexity index is 2810. The van der Waals surface area contributed by atoms with Crippen LogP contribution in [-0.2, 0) is 65.4 Å². The van der Waals surface area contributed by atoms with Gasteiger partial charge in [-0.1, -0.05) is 80.8 Å². The topological polar surface area (TPSA) is 283 Å². The minimum absolute atomic E-state index is 0.0164. The van der Waals surface area contributed by atoms with Gasteiger partial charge in [0.2, 0.25) is 11.8 Å². The lowest BCUT2D eigenvalue weighted by Crippen LogP contribution is -2.53. The van der Waals surface area contributed by atoms with E-state index in [2.05, 4.69) is 16.0 Å². The molecule has 4 aliphatic rings. The standard InChI is InChI=1S/C60H79ClN6O14/c1-34(2)42(30-41(68)16-11-10-12-24-67-50(70)21-22-51(67)71)56(74)64-44(17-14-23-63-57(62)75)46(69)29-39-19-20-43(36(4)26-39)65-58(76)80-49-31-52(72)66(8)45-28-40(27-37(5)54(45)61)25-35(3)15-13-18-48(78-9)60(77)32-47(79-53(73)33-60)38(6)55-59(49,7)81-55/h13,15,18-22,26-28,34,38,42,44,47-49,55,77H,10-12,14,16-17,23-25,29-33H2,1-9H3,(H,64,74)(H,65,76)(H3,62,63,75)/b18-13+,35-15+/t38-,42+,44+,47+,48-,49+,55+,59+,60-/m1/s1. The molecule has 7 amide bonds. The number of imide groups is 1. The van der Waals surface area contributed by atoms with E-state index in [1.54, 1.807) is 51.2 Å². The number of nitrogens with one attached hydrogen (secondary N) is 3. The van der Waals surface area contributed by atoms with E-state index in [0.29, 0.717) is 59.6 Å². The minimum Gasteiger partial charge on any atom is -0.462 e. The third-order valence-electron chi connectivity index (χ3n) is 15.9. The fourth-order valence-corrected chi connectivity index (χ4v) is 11.2. The largest absolute Gasteiger partial charge is 0.462 e. The lowest BCUT2D eigenvalue weighted by atomic mass is 9.78. The number of rotatable bonds is 21. The Morgan fingerprint density at radius 2 is 1.69 bits per heavy atom. The Hall–Kier alpha value is -6.74. The third kappa shape index (κ3) is 16.7. The van der Waals surface area contributed by atoms with Gasteiger partial charge in [-0.3, -0.25) is 43.8 Å². The summed E-state index contributed by atoms with van der Waals surface area (Å²) in [6.45, 7) is 13.1. The lowest BCUT2D eigenvalue weighted by Gasteiger charge is -2.41. The van der Waals surface area contributed by atoms with Crippen LogP contribution >= 0.6 is 11.6 Å². The Morgan fingerprint density at radius 3 is 2.36 bits per heavy atom. The summed E-state index contributed by atoms with van der Waals surface area (Å²) < 4.78 is 24.1. The highest BCUT2D eigenvalue weighted by Gasteiger charge is 2.64. The second-order valence-electron chi connectivity index (χ2n) is 22.6. The number of hydrogen-bond donors (Lipinski definition) is 5. The first-order chi connectivity index (χ1) is 38.2. The fourth-order valence-electron chi connectivity index (χ4n) is 11.0. The summed E-state index contributed by atoms with van der Waals surface area (Å²) in [5.41, 5.74) is 6.87. The number of ketones is 2. The van der Waals surface area contributed by atoms with Crippen LogP contribution in [0.2, 0.25) is 5.02 Å². The molecule has 2 aromatic carbocycles. The molecule has 0 aliphatic carbocycles. The van der Waals surface area contributed by atoms with Gasteiger partial charge in [0.05, 0.1) is 35.7 Å². The number of carbonyl (C=O) groups excluding carboxylic acids is 9. The van der Waals surface area contributed by atoms with Gasteiger partial charge in [0.25, 0.3) is 11.8 Å². The molecule has 21 heteroatoms. The lowest BCUT2D eigenvalue weighted by molar-refractivity contribution is -0.187. The Kier molecular flexibility index (Phi) is 21.8. The first-order valence-corrected chi connectivity index (χ1v) is 28.1. The molecule has 6 rings (SSSR count). The van der Waals surface area contributed by atoms with Crippen LogP contribution in [0.5, 0.6) is 0 Å². The van der Waals surface area contributed by atoms with Crippen LogP contribution in [0.3, 0.4) is 0 Å². The predicted octanol–water partition coefficient (Wildman–Crippen LogP) is 6.99. The molecule has 2 fully saturated rings. The van der Waals surface area contributed by atoms with Crippen molar-refractivity contribution in [3.05, 3.63) is 93.6 Å². The van der Waals surface area contributed by atoms with Crippen molar-refractivity contribution in [1.29, 1.82) is 0 Å². The normalized spacial score (nSPS) is 25.7. The van der Waals surface area contributed by atoms with Crippen molar-refractivity contribution in [1.82, 2.24) is 15.5 Å². The van der Waals surface area contributed by atoms with E-state index in [1.807, 2.05) is 52.8 Å². The van der Waals surface area contributed by atoms with Gasteiger partial charge in [-0.25, -0.2) is 9.59 Å². The summed E-state index contributed by atoms with van der Waals surface area (Å²) >= 11 is 6.86. The number of methoxy groups -OCH3 is 1. The number of ether oxygens (including phenoxy) is 4. The zero-order valence-corrected chi connectivity index (χ0v) is 48.7. The van der Waals surface area contributed by atoms with Gasteiger partial charge in [-0.05, 0) is 100 Å². The van der Waals surface area contributed by atoms with Crippen molar-refractivity contribution >= 4 is 76.3 Å². The van der Waals surface area contributed by atoms with Crippen LogP contribution < -0.4 is 26.6 Å². The number of nitrogens with two attached hydrogens (primary N) is 1. The number of Topliss-reactive ketones (excluding diaryl/α,β-unsaturated/α-hetero) is 2. The van der Waals surface area contributed by atoms with Crippen LogP contribution in [0.25, 0.3) is 0 Å². The summed E-state index contributed by atoms with van der Waals surface area (Å²) in [5.74, 6) is -4.24. The first kappa shape index (κ1) is 63.4. The number of benzene rings is 2. The molecule has 81 heavy (non-hydrogen) atoms. The molecule has 0 spiro atoms. The zero-order valence-electron chi connectivity index (χ0n) is 47.9. The Labute approximate surface area is 478 Å². The number of urea groups is 1. The molecular weight excluding hydrogens is 1060 g/mol. The van der Waals surface area contributed by atoms with Crippen molar-refractivity contribution in [2.75, 3.05) is 37.5 Å². The first-order valence-electron chi connectivity index (χ1n) is 27.7. The summed E-state index contributed by atoms with van der Waals surface area (Å²) in [6.07, 6.45) is 5.34. The number of fused-ring (bicyclic) bond motifs is 5. The number of anilines is 2. The van der Waals surface area contributed by atoms with Gasteiger partial charge in [0.1, 0.15) is 35.3 Å². The van der Waals surface area contributed by atoms with Crippen LogP contribution in [0.1, 0.15) is 121 Å². The van der Waals surface area contributed by atoms with E-state index in [1.165, 1.54) is 24.2 Å². The van der Waals surface area contributed by atoms with Crippen LogP contribution in [0, 0.1) is 31.6 Å². The van der Waals surface area contributed by atoms with Crippen molar-refractivity contribution in [3.8, 4) is 0 Å². The van der Waals surface area contributed by atoms with E-state index in [-0.39, 0.29) is 87.3 Å². The summed E-state index contributed by atoms with van der Waals surface area (Å²) in [7, 11) is 3.06. The SMILES string of the molecule is CO[C@@H]1/C=C/C=C(\C)Cc2cc(C)c(Cl)c(c2)N(C)C(=O)C[C@H](OC(=O)Nc2ccc(CC(=O)[C@H](CCCNC(N)=O)NC(=O)[C@@H](CC(=O)CCCCCN3C(=O)C=CC3=O)C(C)C)cc2C)[C@]2(C)O[C@H]2[C@H](C)[C@@H]2C[C@@]1(O)CC(=O)O2. The number of aryl methyl sites for hydroxylation is 2. The molecule has 6 N–H and O–H groups in total. The van der Waals surface area contributed by atoms with Gasteiger partial charge < -0.3 is 45.3 Å². The number of unbranched alkanes of at least 4 members (excludes halogenated alkanes) is 2. The van der Waals surface area contributed by atoms with E-state index >= 15 is 0 Å². The molecule has 2 saturated heterocycles. The molecule has 0 aromatic heterocycles. The molecule has 440 valence electrons. The minimum atomic E-state index is -1.62. The molecular formula is C60H79ClN6O14. The number of primary amides is 1. The highest BCUT2D eigenvalue weighted by atomic mass is 35.5. The average Bonchev–Trinajstić information content (AvgIpc) is 4.00. The third-order valence-corrected chi connectivity index (χ3v) is 16.4. The number of hydrogen-bond acceptors (Lipinski definition) is 14. The number of carbonyl (C=O) groups is 9. The Balaban J connectivity index is 1.15. The second-order valence-corrected chi connectivity index (χ2v) is 23.0. The highest BCUT2D eigenvalue weighted by molar-refractivity contribution is 6.34. The highest BCUT2D eigenvalue weighted by Crippen LogP contribution is 2.50. The van der Waals surface area contributed by atoms with Crippen molar-refractivity contribution in [2.45, 2.75) is 167 Å². The smallest absolute Gasteiger partial charge is 0.412 e. The molecule has 0 radical (unpaired) electrons. The zero-order chi connectivity index (χ0) is 59.5. The average molecular weight is 1140 g/mol. The number of epoxide rings is 1. The van der Waals surface area contributed by atoms with Crippen molar-refractivity contribution in [2.24, 2.45) is 23.5 Å². The van der Waals surface area contributed by atoms with E-state index < -0.39 is 83.4 Å². The molecule has 4 aliphatic heterocycles. The van der Waals surface area contributed by atoms with E-state index in [9.17, 15) is 48.3 Å². The van der Waals surface area contributed by atoms with Gasteiger partial charge in [0.15, 0.2) is 5.78 Å². The maximum atomic E-state index is 14.4. The second kappa shape index (κ2) is 27.8. The number of halogens is 1. The van der Waals surface area contributed by atoms with Crippen LogP contribution in [-0.4, -0.2) is 132 Å². The summed E-state index contributed by atoms with van der Waals surface area (Å²) in [4.78, 5) is 120. The van der Waals surface area contributed by atoms with Crippen molar-refractivity contribution in [3.63, 3.8) is 0 Å². The quantitative estimate of drug-likeness (QED) is 0.0365. The van der Waals surface area contributed by atoms with Gasteiger partial charge in [-0.2, -0.15) is 0 Å². The number of esters is 1. The molecule has 4 bridgehead atoms. The maximum absolute atomic E-state index is 14.4. The number of allylic oxidation sites excluding steroid dienone is 3. The number of amides is 7. The molecule has 4 heterocycles. The summed E-state index contributed by atoms with van der Waals surface area (Å²) in [5, 5.41) is 20.5. The van der Waals surface area contributed by atoms with Crippen molar-refractivity contribution < 1.29 is 67.2 Å². The van der Waals surface area contributed by atoms with Crippen LogP contribution in [0.15, 0.2) is 66.3 Å². The predicted molar refractivity (Wildman–Crippen MR) is 303 cm³/mol. The molecule has 20 nitrogen and oxygen atoms in total.